The molecule has 1 aliphatic rings. The highest BCUT2D eigenvalue weighted by Crippen LogP contribution is 2.19. The molecule has 0 aliphatic carbocycles. The number of hydrogen-bond acceptors (Lipinski definition) is 4. The molecular weight excluding hydrogens is 244 g/mol. The van der Waals surface area contributed by atoms with Gasteiger partial charge in [0.1, 0.15) is 0 Å². The van der Waals surface area contributed by atoms with Gasteiger partial charge in [0.05, 0.1) is 12.9 Å². The number of rotatable bonds is 4. The molecular formula is C10H20N2O4S. The van der Waals surface area contributed by atoms with Gasteiger partial charge >= 0.3 is 0 Å². The summed E-state index contributed by atoms with van der Waals surface area (Å²) in [6.07, 6.45) is 2.26. The first-order valence-electron chi connectivity index (χ1n) is 5.71. The lowest BCUT2D eigenvalue weighted by atomic mass is 9.97. The molecule has 1 aliphatic heterocycles. The maximum absolute atomic E-state index is 11.7. The van der Waals surface area contributed by atoms with Crippen LogP contribution in [-0.4, -0.2) is 55.7 Å². The van der Waals surface area contributed by atoms with Crippen molar-refractivity contribution >= 4 is 15.9 Å². The van der Waals surface area contributed by atoms with E-state index in [-0.39, 0.29) is 24.5 Å². The van der Waals surface area contributed by atoms with Gasteiger partial charge in [0.25, 0.3) is 0 Å². The van der Waals surface area contributed by atoms with E-state index in [1.54, 1.807) is 6.92 Å². The fourth-order valence-corrected chi connectivity index (χ4v) is 2.73. The van der Waals surface area contributed by atoms with Gasteiger partial charge in [-0.1, -0.05) is 0 Å². The number of sulfonamides is 1. The van der Waals surface area contributed by atoms with Crippen molar-refractivity contribution in [3.05, 3.63) is 0 Å². The molecule has 2 N–H and O–H groups in total. The molecule has 1 amide bonds. The Morgan fingerprint density at radius 1 is 1.47 bits per heavy atom. The van der Waals surface area contributed by atoms with Crippen LogP contribution in [0.2, 0.25) is 0 Å². The molecule has 1 heterocycles. The number of nitrogens with one attached hydrogen (secondary N) is 1. The molecule has 0 saturated carbocycles. The monoisotopic (exact) mass is 264 g/mol. The number of nitrogens with zero attached hydrogens (tertiary/aromatic N) is 1. The van der Waals surface area contributed by atoms with E-state index in [1.165, 1.54) is 10.6 Å². The largest absolute Gasteiger partial charge is 0.394 e. The predicted octanol–water partition coefficient (Wildman–Crippen LogP) is -0.845. The number of amides is 1. The number of aliphatic hydroxyl groups excluding tert-OH is 1. The maximum Gasteiger partial charge on any atom is 0.223 e. The lowest BCUT2D eigenvalue weighted by molar-refractivity contribution is -0.127. The molecule has 1 fully saturated rings. The molecule has 0 bridgehead atoms. The summed E-state index contributed by atoms with van der Waals surface area (Å²) in [6, 6.07) is -0.254. The summed E-state index contributed by atoms with van der Waals surface area (Å²) in [6.45, 7) is 2.42. The fraction of sp³-hybridized carbons (Fsp3) is 0.900. The topological polar surface area (TPSA) is 86.7 Å². The van der Waals surface area contributed by atoms with Gasteiger partial charge in [-0.2, -0.15) is 0 Å². The number of carbonyl (C=O) groups is 1. The minimum atomic E-state index is -3.14. The van der Waals surface area contributed by atoms with E-state index < -0.39 is 10.0 Å². The van der Waals surface area contributed by atoms with Gasteiger partial charge in [0.15, 0.2) is 0 Å². The summed E-state index contributed by atoms with van der Waals surface area (Å²) in [7, 11) is -3.14. The van der Waals surface area contributed by atoms with Crippen LogP contribution in [-0.2, 0) is 14.8 Å². The van der Waals surface area contributed by atoms with Crippen LogP contribution in [0.5, 0.6) is 0 Å². The van der Waals surface area contributed by atoms with Gasteiger partial charge < -0.3 is 10.4 Å². The van der Waals surface area contributed by atoms with Gasteiger partial charge in [0.2, 0.25) is 15.9 Å². The summed E-state index contributed by atoms with van der Waals surface area (Å²) >= 11 is 0. The van der Waals surface area contributed by atoms with Crippen LogP contribution < -0.4 is 5.32 Å². The van der Waals surface area contributed by atoms with Gasteiger partial charge in [-0.3, -0.25) is 4.79 Å². The van der Waals surface area contributed by atoms with Crippen molar-refractivity contribution in [1.29, 1.82) is 0 Å². The van der Waals surface area contributed by atoms with Crippen molar-refractivity contribution in [2.75, 3.05) is 26.0 Å². The summed E-state index contributed by atoms with van der Waals surface area (Å²) in [5.41, 5.74) is 0. The SMILES string of the molecule is CC(CO)NC(=O)C1CCN(S(C)(=O)=O)CC1. The molecule has 6 nitrogen and oxygen atoms in total. The van der Waals surface area contributed by atoms with Crippen molar-refractivity contribution in [2.45, 2.75) is 25.8 Å². The van der Waals surface area contributed by atoms with E-state index >= 15 is 0 Å². The van der Waals surface area contributed by atoms with Crippen molar-refractivity contribution in [3.63, 3.8) is 0 Å². The summed E-state index contributed by atoms with van der Waals surface area (Å²) in [5, 5.41) is 11.5. The normalized spacial score (nSPS) is 21.1. The summed E-state index contributed by atoms with van der Waals surface area (Å²) < 4.78 is 24.0. The van der Waals surface area contributed by atoms with Crippen molar-refractivity contribution in [1.82, 2.24) is 9.62 Å². The predicted molar refractivity (Wildman–Crippen MR) is 63.8 cm³/mol. The van der Waals surface area contributed by atoms with Gasteiger partial charge in [-0.05, 0) is 19.8 Å². The van der Waals surface area contributed by atoms with Crippen molar-refractivity contribution < 1.29 is 18.3 Å². The summed E-state index contributed by atoms with van der Waals surface area (Å²) in [5.74, 6) is -0.248. The Morgan fingerprint density at radius 3 is 2.41 bits per heavy atom. The van der Waals surface area contributed by atoms with E-state index in [1.807, 2.05) is 0 Å². The number of carbonyl (C=O) groups excluding carboxylic acids is 1. The number of hydrogen-bond donors (Lipinski definition) is 2. The molecule has 1 unspecified atom stereocenters. The van der Waals surface area contributed by atoms with Gasteiger partial charge in [-0.25, -0.2) is 12.7 Å². The fourth-order valence-electron chi connectivity index (χ4n) is 1.86. The Hall–Kier alpha value is -0.660. The molecule has 1 saturated heterocycles. The first-order chi connectivity index (χ1) is 7.84. The van der Waals surface area contributed by atoms with E-state index in [0.717, 1.165) is 0 Å². The van der Waals surface area contributed by atoms with Gasteiger partial charge in [-0.15, -0.1) is 0 Å². The zero-order chi connectivity index (χ0) is 13.1. The first kappa shape index (κ1) is 14.4. The zero-order valence-corrected chi connectivity index (χ0v) is 11.0. The molecule has 0 radical (unpaired) electrons. The highest BCUT2D eigenvalue weighted by atomic mass is 32.2. The molecule has 0 aromatic rings. The second kappa shape index (κ2) is 5.79. The minimum absolute atomic E-state index is 0.0894. The Balaban J connectivity index is 2.44. The van der Waals surface area contributed by atoms with Crippen LogP contribution in [0.25, 0.3) is 0 Å². The number of aliphatic hydroxyl groups is 1. The third kappa shape index (κ3) is 4.25. The minimum Gasteiger partial charge on any atom is -0.394 e. The Morgan fingerprint density at radius 2 is 2.00 bits per heavy atom. The quantitative estimate of drug-likeness (QED) is 0.693. The average Bonchev–Trinajstić information content (AvgIpc) is 2.27. The smallest absolute Gasteiger partial charge is 0.223 e. The molecule has 100 valence electrons. The second-order valence-corrected chi connectivity index (χ2v) is 6.51. The maximum atomic E-state index is 11.7. The van der Waals surface area contributed by atoms with E-state index in [4.69, 9.17) is 5.11 Å². The molecule has 1 atom stereocenters. The highest BCUT2D eigenvalue weighted by Gasteiger charge is 2.29. The van der Waals surface area contributed by atoms with Gasteiger partial charge in [0, 0.05) is 25.0 Å². The Labute approximate surface area is 102 Å². The van der Waals surface area contributed by atoms with Crippen LogP contribution in [0.1, 0.15) is 19.8 Å². The third-order valence-electron chi connectivity index (χ3n) is 2.96. The lowest BCUT2D eigenvalue weighted by Crippen LogP contribution is -2.45. The molecule has 17 heavy (non-hydrogen) atoms. The zero-order valence-electron chi connectivity index (χ0n) is 10.2. The van der Waals surface area contributed by atoms with Crippen LogP contribution >= 0.6 is 0 Å². The first-order valence-corrected chi connectivity index (χ1v) is 7.55. The van der Waals surface area contributed by atoms with Crippen LogP contribution in [0, 0.1) is 5.92 Å². The van der Waals surface area contributed by atoms with Crippen molar-refractivity contribution in [2.24, 2.45) is 5.92 Å². The standard InChI is InChI=1S/C10H20N2O4S/c1-8(7-13)11-10(14)9-3-5-12(6-4-9)17(2,15)16/h8-9,13H,3-7H2,1-2H3,(H,11,14). The molecule has 0 aromatic heterocycles. The average molecular weight is 264 g/mol. The highest BCUT2D eigenvalue weighted by molar-refractivity contribution is 7.88. The molecule has 0 spiro atoms. The molecule has 1 rings (SSSR count). The molecule has 7 heteroatoms. The van der Waals surface area contributed by atoms with Crippen LogP contribution in [0.4, 0.5) is 0 Å². The Kier molecular flexibility index (Phi) is 4.91. The third-order valence-corrected chi connectivity index (χ3v) is 4.26. The van der Waals surface area contributed by atoms with E-state index in [9.17, 15) is 13.2 Å². The summed E-state index contributed by atoms with van der Waals surface area (Å²) in [4.78, 5) is 11.7. The van der Waals surface area contributed by atoms with E-state index in [0.29, 0.717) is 25.9 Å². The second-order valence-electron chi connectivity index (χ2n) is 4.53. The van der Waals surface area contributed by atoms with Crippen LogP contribution in [0.3, 0.4) is 0 Å². The van der Waals surface area contributed by atoms with E-state index in [2.05, 4.69) is 5.32 Å². The number of piperidine rings is 1. The van der Waals surface area contributed by atoms with Crippen molar-refractivity contribution in [3.8, 4) is 0 Å². The Bertz CT molecular complexity index is 361. The molecule has 0 aromatic carbocycles. The lowest BCUT2D eigenvalue weighted by Gasteiger charge is -2.30. The van der Waals surface area contributed by atoms with Crippen LogP contribution in [0.15, 0.2) is 0 Å².